The van der Waals surface area contributed by atoms with Gasteiger partial charge in [0.1, 0.15) is 36.9 Å². The van der Waals surface area contributed by atoms with Gasteiger partial charge < -0.3 is 35.3 Å². The molecule has 0 amide bonds. The maximum atomic E-state index is 11.9. The molecule has 0 saturated heterocycles. The fourth-order valence-electron chi connectivity index (χ4n) is 4.46. The van der Waals surface area contributed by atoms with E-state index in [2.05, 4.69) is 56.3 Å². The van der Waals surface area contributed by atoms with E-state index in [1.165, 1.54) is 0 Å². The summed E-state index contributed by atoms with van der Waals surface area (Å²) in [6.07, 6.45) is 1.29. The van der Waals surface area contributed by atoms with Crippen molar-refractivity contribution in [2.45, 2.75) is 84.6 Å². The fourth-order valence-corrected chi connectivity index (χ4v) is 4.46. The zero-order chi connectivity index (χ0) is 29.3. The first-order valence-electron chi connectivity index (χ1n) is 14.3. The van der Waals surface area contributed by atoms with Crippen molar-refractivity contribution in [2.24, 2.45) is 0 Å². The molecule has 40 heavy (non-hydrogen) atoms. The van der Waals surface area contributed by atoms with Gasteiger partial charge >= 0.3 is 0 Å². The summed E-state index contributed by atoms with van der Waals surface area (Å²) in [6.45, 7) is 13.8. The first-order valence-corrected chi connectivity index (χ1v) is 14.3. The molecule has 4 rings (SSSR count). The number of rotatable bonds is 11. The number of β-amino-alcohol motifs (C(OH)–C–C–N with tert-alkyl or cyclic N) is 1. The third-order valence-corrected chi connectivity index (χ3v) is 6.52. The molecule has 220 valence electrons. The van der Waals surface area contributed by atoms with Crippen molar-refractivity contribution in [1.82, 2.24) is 15.6 Å². The van der Waals surface area contributed by atoms with Gasteiger partial charge in [-0.15, -0.1) is 0 Å². The van der Waals surface area contributed by atoms with Crippen LogP contribution < -0.4 is 20.1 Å². The monoisotopic (exact) mass is 553 g/mol. The van der Waals surface area contributed by atoms with Gasteiger partial charge in [0.05, 0.1) is 0 Å². The first-order chi connectivity index (χ1) is 18.9. The lowest BCUT2D eigenvalue weighted by atomic mass is 9.90. The normalized spacial score (nSPS) is 14.9. The molecule has 0 spiro atoms. The Morgan fingerprint density at radius 1 is 0.950 bits per heavy atom. The van der Waals surface area contributed by atoms with Crippen LogP contribution in [0.1, 0.15) is 69.1 Å². The van der Waals surface area contributed by atoms with E-state index in [9.17, 15) is 15.0 Å². The lowest BCUT2D eigenvalue weighted by Crippen LogP contribution is -2.42. The summed E-state index contributed by atoms with van der Waals surface area (Å²) in [7, 11) is 0. The molecule has 8 heteroatoms. The topological polar surface area (TPSA) is 116 Å². The van der Waals surface area contributed by atoms with Crippen molar-refractivity contribution in [3.05, 3.63) is 59.3 Å². The van der Waals surface area contributed by atoms with Crippen LogP contribution in [-0.2, 0) is 6.42 Å². The molecule has 0 fully saturated rings. The molecule has 1 aliphatic rings. The van der Waals surface area contributed by atoms with Gasteiger partial charge in [0.25, 0.3) is 0 Å². The van der Waals surface area contributed by atoms with Crippen molar-refractivity contribution >= 4 is 16.7 Å². The van der Waals surface area contributed by atoms with E-state index in [1.54, 1.807) is 0 Å². The van der Waals surface area contributed by atoms with E-state index in [4.69, 9.17) is 9.47 Å². The van der Waals surface area contributed by atoms with Gasteiger partial charge in [-0.3, -0.25) is 4.79 Å². The average Bonchev–Trinajstić information content (AvgIpc) is 3.29. The molecule has 3 aromatic rings. The van der Waals surface area contributed by atoms with Crippen molar-refractivity contribution in [1.29, 1.82) is 0 Å². The van der Waals surface area contributed by atoms with Crippen LogP contribution in [0.25, 0.3) is 10.9 Å². The molecule has 2 aromatic carbocycles. The highest BCUT2D eigenvalue weighted by Crippen LogP contribution is 2.29. The molecule has 8 nitrogen and oxygen atoms in total. The highest BCUT2D eigenvalue weighted by Gasteiger charge is 2.21. The zero-order valence-corrected chi connectivity index (χ0v) is 24.8. The lowest BCUT2D eigenvalue weighted by molar-refractivity contribution is 0.0957. The SMILES string of the molecule is CC(C)(C)NC[C@H](O)COc1cccc2c1CCCC2=O.Cc1cc2c(OCC(O)CNC(C)C)cccc2[nH]1. The Labute approximate surface area is 238 Å². The van der Waals surface area contributed by atoms with E-state index < -0.39 is 12.2 Å². The molecule has 0 saturated carbocycles. The number of benzene rings is 2. The molecular weight excluding hydrogens is 506 g/mol. The molecule has 1 heterocycles. The largest absolute Gasteiger partial charge is 0.491 e. The Kier molecular flexibility index (Phi) is 11.6. The minimum Gasteiger partial charge on any atom is -0.491 e. The van der Waals surface area contributed by atoms with E-state index >= 15 is 0 Å². The number of Topliss-reactive ketones (excluding diaryl/α,β-unsaturated/α-hetero) is 1. The standard InChI is InChI=1S/C17H25NO3.C15H22N2O2/c1-17(2,3)18-10-12(19)11-21-16-9-5-6-13-14(16)7-4-8-15(13)20;1-10(2)16-8-12(18)9-19-15-6-4-5-14-13(15)7-11(3)17-14/h5-6,9,12,18-19H,4,7-8,10-11H2,1-3H3;4-7,10,12,16-18H,8-9H2,1-3H3/t12-;/m0./s1. The maximum Gasteiger partial charge on any atom is 0.163 e. The summed E-state index contributed by atoms with van der Waals surface area (Å²) in [5.74, 6) is 1.73. The minimum atomic E-state index is -0.570. The van der Waals surface area contributed by atoms with Gasteiger partial charge in [-0.25, -0.2) is 0 Å². The predicted molar refractivity (Wildman–Crippen MR) is 161 cm³/mol. The second-order valence-electron chi connectivity index (χ2n) is 11.9. The smallest absolute Gasteiger partial charge is 0.163 e. The number of hydrogen-bond acceptors (Lipinski definition) is 7. The van der Waals surface area contributed by atoms with Gasteiger partial charge in [0, 0.05) is 58.8 Å². The van der Waals surface area contributed by atoms with Gasteiger partial charge in [0.15, 0.2) is 5.78 Å². The van der Waals surface area contributed by atoms with Crippen LogP contribution in [0, 0.1) is 6.92 Å². The number of aryl methyl sites for hydroxylation is 1. The number of fused-ring (bicyclic) bond motifs is 2. The van der Waals surface area contributed by atoms with Gasteiger partial charge in [-0.05, 0) is 64.8 Å². The number of carbonyl (C=O) groups excluding carboxylic acids is 1. The van der Waals surface area contributed by atoms with E-state index in [-0.39, 0.29) is 17.9 Å². The number of nitrogens with one attached hydrogen (secondary N) is 3. The Bertz CT molecular complexity index is 1230. The van der Waals surface area contributed by atoms with Crippen LogP contribution in [0.3, 0.4) is 0 Å². The summed E-state index contributed by atoms with van der Waals surface area (Å²) >= 11 is 0. The van der Waals surface area contributed by atoms with Crippen LogP contribution >= 0.6 is 0 Å². The van der Waals surface area contributed by atoms with Crippen molar-refractivity contribution in [2.75, 3.05) is 26.3 Å². The number of carbonyl (C=O) groups is 1. The van der Waals surface area contributed by atoms with Crippen molar-refractivity contribution in [3.8, 4) is 11.5 Å². The second kappa shape index (κ2) is 14.6. The minimum absolute atomic E-state index is 0.0285. The van der Waals surface area contributed by atoms with Crippen LogP contribution in [-0.4, -0.2) is 71.1 Å². The summed E-state index contributed by atoms with van der Waals surface area (Å²) in [4.78, 5) is 15.1. The van der Waals surface area contributed by atoms with Crippen LogP contribution in [0.2, 0.25) is 0 Å². The molecular formula is C32H47N3O5. The van der Waals surface area contributed by atoms with Gasteiger partial charge in [0.2, 0.25) is 0 Å². The number of aromatic nitrogens is 1. The number of aliphatic hydroxyl groups excluding tert-OH is 2. The van der Waals surface area contributed by atoms with Crippen LogP contribution in [0.5, 0.6) is 11.5 Å². The van der Waals surface area contributed by atoms with Gasteiger partial charge in [-0.2, -0.15) is 0 Å². The lowest BCUT2D eigenvalue weighted by Gasteiger charge is -2.24. The molecule has 1 aromatic heterocycles. The number of aliphatic hydroxyl groups is 2. The Balaban J connectivity index is 0.000000222. The summed E-state index contributed by atoms with van der Waals surface area (Å²) < 4.78 is 11.5. The van der Waals surface area contributed by atoms with E-state index in [0.717, 1.165) is 52.1 Å². The third kappa shape index (κ3) is 9.93. The summed E-state index contributed by atoms with van der Waals surface area (Å²) in [5, 5.41) is 27.3. The average molecular weight is 554 g/mol. The van der Waals surface area contributed by atoms with Crippen molar-refractivity contribution in [3.63, 3.8) is 0 Å². The fraction of sp³-hybridized carbons (Fsp3) is 0.531. The number of H-pyrrole nitrogens is 1. The second-order valence-corrected chi connectivity index (χ2v) is 11.9. The number of hydrogen-bond donors (Lipinski definition) is 5. The van der Waals surface area contributed by atoms with Crippen molar-refractivity contribution < 1.29 is 24.5 Å². The Morgan fingerprint density at radius 3 is 2.30 bits per heavy atom. The number of aromatic amines is 1. The number of ether oxygens (including phenoxy) is 2. The third-order valence-electron chi connectivity index (χ3n) is 6.52. The summed E-state index contributed by atoms with van der Waals surface area (Å²) in [6, 6.07) is 13.9. The maximum absolute atomic E-state index is 11.9. The zero-order valence-electron chi connectivity index (χ0n) is 24.8. The van der Waals surface area contributed by atoms with Gasteiger partial charge in [-0.1, -0.05) is 32.0 Å². The molecule has 0 radical (unpaired) electrons. The predicted octanol–water partition coefficient (Wildman–Crippen LogP) is 4.55. The van der Waals surface area contributed by atoms with E-state index in [1.807, 2.05) is 43.3 Å². The molecule has 0 aliphatic heterocycles. The molecule has 5 N–H and O–H groups in total. The highest BCUT2D eigenvalue weighted by molar-refractivity contribution is 5.99. The number of ketones is 1. The van der Waals surface area contributed by atoms with E-state index in [0.29, 0.717) is 32.2 Å². The molecule has 2 atom stereocenters. The Morgan fingerprint density at radius 2 is 1.60 bits per heavy atom. The Hall–Kier alpha value is -2.91. The molecule has 1 aliphatic carbocycles. The molecule has 0 bridgehead atoms. The first kappa shape index (κ1) is 31.6. The highest BCUT2D eigenvalue weighted by atomic mass is 16.5. The summed E-state index contributed by atoms with van der Waals surface area (Å²) in [5.41, 5.74) is 3.91. The quantitative estimate of drug-likeness (QED) is 0.237. The molecule has 1 unspecified atom stereocenters. The van der Waals surface area contributed by atoms with Crippen LogP contribution in [0.4, 0.5) is 0 Å². The van der Waals surface area contributed by atoms with Crippen LogP contribution in [0.15, 0.2) is 42.5 Å².